The molecule has 0 aromatic rings. The third kappa shape index (κ3) is 5.60. The molecule has 0 aromatic carbocycles. The van der Waals surface area contributed by atoms with Crippen molar-refractivity contribution in [2.45, 2.75) is 118 Å². The lowest BCUT2D eigenvalue weighted by Gasteiger charge is -2.49. The third-order valence-corrected chi connectivity index (χ3v) is 12.7. The van der Waals surface area contributed by atoms with Gasteiger partial charge in [-0.25, -0.2) is 0 Å². The Labute approximate surface area is 171 Å². The Balaban J connectivity index is 2.14. The van der Waals surface area contributed by atoms with Crippen LogP contribution < -0.4 is 0 Å². The molecule has 0 atom stereocenters. The van der Waals surface area contributed by atoms with Crippen molar-refractivity contribution in [1.82, 2.24) is 0 Å². The molecule has 0 saturated heterocycles. The Kier molecular flexibility index (Phi) is 8.07. The summed E-state index contributed by atoms with van der Waals surface area (Å²) in [6.45, 7) is 20.5. The molecule has 0 aromatic heterocycles. The minimum atomic E-state index is -2.17. The normalized spacial score (nSPS) is 31.1. The molecule has 2 aliphatic rings. The Bertz CT molecular complexity index is 390. The molecule has 2 aliphatic carbocycles. The molecule has 0 aliphatic heterocycles. The van der Waals surface area contributed by atoms with Crippen LogP contribution in [0.2, 0.25) is 11.1 Å². The number of rotatable bonds is 6. The second kappa shape index (κ2) is 9.30. The van der Waals surface area contributed by atoms with Crippen LogP contribution >= 0.6 is 0 Å². The Hall–Kier alpha value is 0.137. The number of hydrogen-bond acceptors (Lipinski definition) is 2. The van der Waals surface area contributed by atoms with Gasteiger partial charge in [0.05, 0.1) is 0 Å². The van der Waals surface area contributed by atoms with Crippen LogP contribution in [0, 0.1) is 22.7 Å². The second-order valence-corrected chi connectivity index (χ2v) is 15.1. The monoisotopic (exact) mass is 396 g/mol. The molecule has 0 unspecified atom stereocenters. The predicted octanol–water partition coefficient (Wildman–Crippen LogP) is 7.71. The summed E-state index contributed by atoms with van der Waals surface area (Å²) in [6.07, 6.45) is 10.8. The highest BCUT2D eigenvalue weighted by Crippen LogP contribution is 2.54. The minimum absolute atomic E-state index is 0.442. The van der Waals surface area contributed by atoms with E-state index in [2.05, 4.69) is 55.4 Å². The molecule has 2 rings (SSSR count). The molecule has 0 heterocycles. The van der Waals surface area contributed by atoms with Crippen LogP contribution in [0.25, 0.3) is 0 Å². The van der Waals surface area contributed by atoms with Gasteiger partial charge in [0, 0.05) is 24.3 Å². The topological polar surface area (TPSA) is 18.5 Å². The van der Waals surface area contributed by atoms with E-state index >= 15 is 0 Å². The Morgan fingerprint density at radius 1 is 0.593 bits per heavy atom. The van der Waals surface area contributed by atoms with E-state index in [4.69, 9.17) is 8.85 Å². The van der Waals surface area contributed by atoms with Crippen molar-refractivity contribution in [2.75, 3.05) is 13.2 Å². The molecule has 27 heavy (non-hydrogen) atoms. The molecule has 0 N–H and O–H groups in total. The zero-order chi connectivity index (χ0) is 20.3. The van der Waals surface area contributed by atoms with Gasteiger partial charge in [0.15, 0.2) is 0 Å². The minimum Gasteiger partial charge on any atom is -0.394 e. The van der Waals surface area contributed by atoms with E-state index in [1.165, 1.54) is 51.4 Å². The van der Waals surface area contributed by atoms with Crippen LogP contribution in [0.15, 0.2) is 0 Å². The molecule has 0 amide bonds. The zero-order valence-electron chi connectivity index (χ0n) is 19.7. The van der Waals surface area contributed by atoms with Crippen molar-refractivity contribution in [1.29, 1.82) is 0 Å². The van der Waals surface area contributed by atoms with Gasteiger partial charge in [0.2, 0.25) is 0 Å². The molecule has 160 valence electrons. The van der Waals surface area contributed by atoms with Crippen molar-refractivity contribution in [3.05, 3.63) is 0 Å². The maximum absolute atomic E-state index is 6.71. The van der Waals surface area contributed by atoms with Gasteiger partial charge in [-0.15, -0.1) is 0 Å². The van der Waals surface area contributed by atoms with Crippen molar-refractivity contribution in [3.8, 4) is 0 Å². The number of hydrogen-bond donors (Lipinski definition) is 0. The molecular formula is C24H48O2Si. The van der Waals surface area contributed by atoms with Gasteiger partial charge in [0.25, 0.3) is 0 Å². The van der Waals surface area contributed by atoms with Gasteiger partial charge in [-0.05, 0) is 87.9 Å². The van der Waals surface area contributed by atoms with E-state index in [1.807, 2.05) is 0 Å². The lowest BCUT2D eigenvalue weighted by atomic mass is 9.72. The lowest BCUT2D eigenvalue weighted by Crippen LogP contribution is -2.53. The van der Waals surface area contributed by atoms with Crippen LogP contribution in [0.1, 0.15) is 107 Å². The average Bonchev–Trinajstić information content (AvgIpc) is 2.60. The highest BCUT2D eigenvalue weighted by molar-refractivity contribution is 6.70. The van der Waals surface area contributed by atoms with Crippen molar-refractivity contribution >= 4 is 8.56 Å². The van der Waals surface area contributed by atoms with Gasteiger partial charge in [-0.3, -0.25) is 0 Å². The first-order chi connectivity index (χ1) is 12.5. The summed E-state index contributed by atoms with van der Waals surface area (Å²) in [7, 11) is -2.17. The maximum Gasteiger partial charge on any atom is 0.344 e. The van der Waals surface area contributed by atoms with E-state index < -0.39 is 8.56 Å². The van der Waals surface area contributed by atoms with Crippen molar-refractivity contribution < 1.29 is 8.85 Å². The van der Waals surface area contributed by atoms with E-state index in [0.29, 0.717) is 21.9 Å². The smallest absolute Gasteiger partial charge is 0.344 e. The quantitative estimate of drug-likeness (QED) is 0.428. The maximum atomic E-state index is 6.71. The fraction of sp³-hybridized carbons (Fsp3) is 1.00. The van der Waals surface area contributed by atoms with Gasteiger partial charge in [-0.2, -0.15) is 0 Å². The first kappa shape index (κ1) is 23.4. The second-order valence-electron chi connectivity index (χ2n) is 11.4. The van der Waals surface area contributed by atoms with Crippen LogP contribution in [0.3, 0.4) is 0 Å². The van der Waals surface area contributed by atoms with E-state index in [-0.39, 0.29) is 0 Å². The standard InChI is InChI=1S/C24H48O2Si/c1-9-25-27(26-10-2,21-15-11-19(12-16-21)23(3,4)5)22-17-13-20(14-18-22)24(6,7)8/h19-22H,9-18H2,1-8H3. The molecule has 2 saturated carbocycles. The highest BCUT2D eigenvalue weighted by atomic mass is 28.4. The Morgan fingerprint density at radius 2 is 0.889 bits per heavy atom. The molecular weight excluding hydrogens is 348 g/mol. The molecule has 0 radical (unpaired) electrons. The highest BCUT2D eigenvalue weighted by Gasteiger charge is 2.54. The summed E-state index contributed by atoms with van der Waals surface area (Å²) in [5.74, 6) is 1.72. The average molecular weight is 397 g/mol. The first-order valence-electron chi connectivity index (χ1n) is 11.8. The molecule has 0 bridgehead atoms. The lowest BCUT2D eigenvalue weighted by molar-refractivity contribution is 0.112. The Morgan fingerprint density at radius 3 is 1.11 bits per heavy atom. The van der Waals surface area contributed by atoms with Gasteiger partial charge >= 0.3 is 8.56 Å². The zero-order valence-corrected chi connectivity index (χ0v) is 20.7. The van der Waals surface area contributed by atoms with Gasteiger partial charge in [-0.1, -0.05) is 41.5 Å². The van der Waals surface area contributed by atoms with E-state index in [1.54, 1.807) is 0 Å². The molecule has 2 nitrogen and oxygen atoms in total. The van der Waals surface area contributed by atoms with E-state index in [0.717, 1.165) is 25.0 Å². The van der Waals surface area contributed by atoms with Crippen LogP contribution in [-0.4, -0.2) is 21.8 Å². The summed E-state index contributed by atoms with van der Waals surface area (Å²) in [6, 6.07) is 0. The van der Waals surface area contributed by atoms with Crippen LogP contribution in [-0.2, 0) is 8.85 Å². The largest absolute Gasteiger partial charge is 0.394 e. The predicted molar refractivity (Wildman–Crippen MR) is 119 cm³/mol. The molecule has 0 spiro atoms. The van der Waals surface area contributed by atoms with E-state index in [9.17, 15) is 0 Å². The fourth-order valence-electron chi connectivity index (χ4n) is 6.02. The van der Waals surface area contributed by atoms with Gasteiger partial charge < -0.3 is 8.85 Å². The van der Waals surface area contributed by atoms with Crippen molar-refractivity contribution in [3.63, 3.8) is 0 Å². The fourth-order valence-corrected chi connectivity index (χ4v) is 10.9. The third-order valence-electron chi connectivity index (χ3n) is 7.78. The summed E-state index contributed by atoms with van der Waals surface area (Å²) < 4.78 is 13.4. The summed E-state index contributed by atoms with van der Waals surface area (Å²) in [5.41, 5.74) is 2.29. The van der Waals surface area contributed by atoms with Crippen LogP contribution in [0.5, 0.6) is 0 Å². The summed E-state index contributed by atoms with van der Waals surface area (Å²) in [5, 5.41) is 0. The molecule has 3 heteroatoms. The SMILES string of the molecule is CCO[Si](OCC)(C1CCC(C(C)(C)C)CC1)C1CCC(C(C)(C)C)CC1. The summed E-state index contributed by atoms with van der Waals surface area (Å²) >= 11 is 0. The molecule has 2 fully saturated rings. The summed E-state index contributed by atoms with van der Waals surface area (Å²) in [4.78, 5) is 0. The van der Waals surface area contributed by atoms with Gasteiger partial charge in [0.1, 0.15) is 0 Å². The first-order valence-corrected chi connectivity index (χ1v) is 13.8. The van der Waals surface area contributed by atoms with Crippen LogP contribution in [0.4, 0.5) is 0 Å². The van der Waals surface area contributed by atoms with Crippen molar-refractivity contribution in [2.24, 2.45) is 22.7 Å².